The smallest absolute Gasteiger partial charge is 0.136 e. The van der Waals surface area contributed by atoms with Gasteiger partial charge in [-0.1, -0.05) is 6.07 Å². The first-order valence-corrected chi connectivity index (χ1v) is 7.56. The molecule has 0 saturated heterocycles. The molecule has 0 saturated carbocycles. The molecule has 4 heteroatoms. The Morgan fingerprint density at radius 2 is 2.18 bits per heavy atom. The van der Waals surface area contributed by atoms with Gasteiger partial charge in [0, 0.05) is 24.0 Å². The fraction of sp³-hybridized carbons (Fsp3) is 0.462. The molecular weight excluding hydrogens is 252 g/mol. The van der Waals surface area contributed by atoms with Gasteiger partial charge in [0.2, 0.25) is 0 Å². The van der Waals surface area contributed by atoms with E-state index in [0.717, 1.165) is 29.4 Å². The summed E-state index contributed by atoms with van der Waals surface area (Å²) in [6.45, 7) is 2.02. The van der Waals surface area contributed by atoms with Crippen molar-refractivity contribution in [3.8, 4) is 0 Å². The van der Waals surface area contributed by atoms with Gasteiger partial charge in [0.15, 0.2) is 0 Å². The predicted molar refractivity (Wildman–Crippen MR) is 76.0 cm³/mol. The lowest BCUT2D eigenvalue weighted by atomic mass is 10.3. The molecule has 0 spiro atoms. The highest BCUT2D eigenvalue weighted by molar-refractivity contribution is 7.98. The molecule has 17 heavy (non-hydrogen) atoms. The predicted octanol–water partition coefficient (Wildman–Crippen LogP) is 3.89. The Labute approximate surface area is 111 Å². The summed E-state index contributed by atoms with van der Waals surface area (Å²) in [5.74, 6) is 3.03. The van der Waals surface area contributed by atoms with Crippen LogP contribution in [0.1, 0.15) is 24.1 Å². The van der Waals surface area contributed by atoms with Crippen molar-refractivity contribution in [2.45, 2.75) is 25.5 Å². The Morgan fingerprint density at radius 3 is 3.00 bits per heavy atom. The molecule has 0 aliphatic carbocycles. The number of hydrogen-bond donors (Lipinski definition) is 0. The number of pyridine rings is 1. The van der Waals surface area contributed by atoms with Crippen LogP contribution in [0.2, 0.25) is 0 Å². The summed E-state index contributed by atoms with van der Waals surface area (Å²) in [5.41, 5.74) is 3.45. The van der Waals surface area contributed by atoms with Crippen molar-refractivity contribution in [1.82, 2.24) is 9.38 Å². The minimum Gasteiger partial charge on any atom is -0.307 e. The molecule has 2 aromatic heterocycles. The normalized spacial score (nSPS) is 11.2. The average molecular weight is 269 g/mol. The van der Waals surface area contributed by atoms with Gasteiger partial charge < -0.3 is 4.40 Å². The molecule has 0 aliphatic heterocycles. The molecule has 92 valence electrons. The number of alkyl halides is 1. The Kier molecular flexibility index (Phi) is 4.75. The molecule has 0 bridgehead atoms. The largest absolute Gasteiger partial charge is 0.307 e. The fourth-order valence-electron chi connectivity index (χ4n) is 1.74. The number of aromatic nitrogens is 2. The SMILES string of the molecule is Cc1cn2cc(CSCCCCCl)ccc2n1. The standard InChI is InChI=1S/C13H17ClN2S/c1-11-8-16-9-12(4-5-13(16)15-11)10-17-7-3-2-6-14/h4-5,8-9H,2-3,6-7,10H2,1H3. The number of imidazole rings is 1. The molecule has 0 fully saturated rings. The van der Waals surface area contributed by atoms with Gasteiger partial charge in [-0.3, -0.25) is 0 Å². The molecule has 2 heterocycles. The molecule has 2 aromatic rings. The van der Waals surface area contributed by atoms with Gasteiger partial charge in [-0.15, -0.1) is 11.6 Å². The number of hydrogen-bond acceptors (Lipinski definition) is 2. The average Bonchev–Trinajstić information content (AvgIpc) is 2.68. The quantitative estimate of drug-likeness (QED) is 0.584. The van der Waals surface area contributed by atoms with Gasteiger partial charge in [-0.05, 0) is 37.1 Å². The number of nitrogens with zero attached hydrogens (tertiary/aromatic N) is 2. The van der Waals surface area contributed by atoms with Gasteiger partial charge in [-0.25, -0.2) is 4.98 Å². The van der Waals surface area contributed by atoms with Crippen molar-refractivity contribution < 1.29 is 0 Å². The maximum atomic E-state index is 5.65. The van der Waals surface area contributed by atoms with Crippen LogP contribution in [0, 0.1) is 6.92 Å². The Morgan fingerprint density at radius 1 is 1.29 bits per heavy atom. The third-order valence-electron chi connectivity index (χ3n) is 2.57. The molecule has 0 aromatic carbocycles. The summed E-state index contributed by atoms with van der Waals surface area (Å²) in [6, 6.07) is 4.25. The van der Waals surface area contributed by atoms with E-state index in [1.807, 2.05) is 18.7 Å². The van der Waals surface area contributed by atoms with Crippen LogP contribution in [0.5, 0.6) is 0 Å². The summed E-state index contributed by atoms with van der Waals surface area (Å²) < 4.78 is 2.10. The summed E-state index contributed by atoms with van der Waals surface area (Å²) in [7, 11) is 0. The highest BCUT2D eigenvalue weighted by Gasteiger charge is 1.99. The Balaban J connectivity index is 1.90. The number of thioether (sulfide) groups is 1. The monoisotopic (exact) mass is 268 g/mol. The van der Waals surface area contributed by atoms with Gasteiger partial charge >= 0.3 is 0 Å². The van der Waals surface area contributed by atoms with Crippen LogP contribution in [0.4, 0.5) is 0 Å². The lowest BCUT2D eigenvalue weighted by Crippen LogP contribution is -1.89. The van der Waals surface area contributed by atoms with E-state index < -0.39 is 0 Å². The third kappa shape index (κ3) is 3.65. The Bertz CT molecular complexity index is 481. The number of aryl methyl sites for hydroxylation is 1. The second-order valence-electron chi connectivity index (χ2n) is 4.13. The molecular formula is C13H17ClN2S. The van der Waals surface area contributed by atoms with Crippen LogP contribution in [-0.4, -0.2) is 21.0 Å². The molecule has 0 atom stereocenters. The number of unbranched alkanes of at least 4 members (excludes halogenated alkanes) is 1. The zero-order valence-corrected chi connectivity index (χ0v) is 11.6. The van der Waals surface area contributed by atoms with Crippen molar-refractivity contribution in [3.05, 3.63) is 35.8 Å². The highest BCUT2D eigenvalue weighted by atomic mass is 35.5. The van der Waals surface area contributed by atoms with Crippen LogP contribution in [0.25, 0.3) is 5.65 Å². The van der Waals surface area contributed by atoms with Gasteiger partial charge in [0.25, 0.3) is 0 Å². The molecule has 2 nitrogen and oxygen atoms in total. The summed E-state index contributed by atoms with van der Waals surface area (Å²) in [6.07, 6.45) is 6.57. The zero-order chi connectivity index (χ0) is 12.1. The van der Waals surface area contributed by atoms with Gasteiger partial charge in [-0.2, -0.15) is 11.8 Å². The number of halogens is 1. The summed E-state index contributed by atoms with van der Waals surface area (Å²) in [4.78, 5) is 4.42. The van der Waals surface area contributed by atoms with Crippen molar-refractivity contribution in [2.75, 3.05) is 11.6 Å². The second kappa shape index (κ2) is 6.31. The first kappa shape index (κ1) is 12.8. The number of rotatable bonds is 6. The van der Waals surface area contributed by atoms with Crippen LogP contribution in [0.15, 0.2) is 24.5 Å². The molecule has 0 radical (unpaired) electrons. The maximum Gasteiger partial charge on any atom is 0.136 e. The lowest BCUT2D eigenvalue weighted by molar-refractivity contribution is 0.902. The van der Waals surface area contributed by atoms with E-state index in [-0.39, 0.29) is 0 Å². The van der Waals surface area contributed by atoms with Crippen LogP contribution < -0.4 is 0 Å². The lowest BCUT2D eigenvalue weighted by Gasteiger charge is -2.02. The van der Waals surface area contributed by atoms with Gasteiger partial charge in [0.1, 0.15) is 5.65 Å². The first-order valence-electron chi connectivity index (χ1n) is 5.87. The van der Waals surface area contributed by atoms with E-state index in [4.69, 9.17) is 11.6 Å². The number of fused-ring (bicyclic) bond motifs is 1. The minimum atomic E-state index is 0.779. The summed E-state index contributed by atoms with van der Waals surface area (Å²) in [5, 5.41) is 0. The topological polar surface area (TPSA) is 17.3 Å². The van der Waals surface area contributed by atoms with E-state index in [1.165, 1.54) is 17.7 Å². The maximum absolute atomic E-state index is 5.65. The van der Waals surface area contributed by atoms with Crippen molar-refractivity contribution in [2.24, 2.45) is 0 Å². The fourth-order valence-corrected chi connectivity index (χ4v) is 2.89. The molecule has 0 unspecified atom stereocenters. The third-order valence-corrected chi connectivity index (χ3v) is 3.96. The van der Waals surface area contributed by atoms with Crippen molar-refractivity contribution in [3.63, 3.8) is 0 Å². The van der Waals surface area contributed by atoms with Crippen molar-refractivity contribution >= 4 is 29.0 Å². The summed E-state index contributed by atoms with van der Waals surface area (Å²) >= 11 is 7.61. The molecule has 0 amide bonds. The zero-order valence-electron chi connectivity index (χ0n) is 10.0. The van der Waals surface area contributed by atoms with E-state index in [1.54, 1.807) is 0 Å². The molecule has 0 N–H and O–H groups in total. The molecule has 2 rings (SSSR count). The van der Waals surface area contributed by atoms with Crippen LogP contribution >= 0.6 is 23.4 Å². The van der Waals surface area contributed by atoms with E-state index in [9.17, 15) is 0 Å². The minimum absolute atomic E-state index is 0.779. The van der Waals surface area contributed by atoms with E-state index in [2.05, 4.69) is 33.9 Å². The van der Waals surface area contributed by atoms with E-state index >= 15 is 0 Å². The van der Waals surface area contributed by atoms with Gasteiger partial charge in [0.05, 0.1) is 5.69 Å². The van der Waals surface area contributed by atoms with Crippen molar-refractivity contribution in [1.29, 1.82) is 0 Å². The first-order chi connectivity index (χ1) is 8.29. The Hall–Kier alpha value is -0.670. The molecule has 0 aliphatic rings. The van der Waals surface area contributed by atoms with Crippen LogP contribution in [-0.2, 0) is 5.75 Å². The second-order valence-corrected chi connectivity index (χ2v) is 5.62. The highest BCUT2D eigenvalue weighted by Crippen LogP contribution is 2.15. The van der Waals surface area contributed by atoms with Crippen LogP contribution in [0.3, 0.4) is 0 Å². The van der Waals surface area contributed by atoms with E-state index in [0.29, 0.717) is 0 Å².